The number of amides is 1. The summed E-state index contributed by atoms with van der Waals surface area (Å²) in [6, 6.07) is 16.7. The number of aromatic nitrogens is 1. The average molecular weight is 382 g/mol. The van der Waals surface area contributed by atoms with Crippen molar-refractivity contribution in [1.82, 2.24) is 4.98 Å². The standard InChI is InChI=1S/C19H18N4O3S/c1-13-4-2-5-15(12-13)23-19(24)17-6-3-11-21-18(17)22-14-7-9-16(10-8-14)27(20,25)26/h2-12H,1H3,(H,21,22)(H,23,24)(H2,20,25,26). The molecule has 3 rings (SSSR count). The van der Waals surface area contributed by atoms with Crippen LogP contribution in [0.5, 0.6) is 0 Å². The van der Waals surface area contributed by atoms with E-state index < -0.39 is 10.0 Å². The van der Waals surface area contributed by atoms with Gasteiger partial charge in [-0.2, -0.15) is 0 Å². The lowest BCUT2D eigenvalue weighted by atomic mass is 10.2. The third-order valence-corrected chi connectivity index (χ3v) is 4.70. The summed E-state index contributed by atoms with van der Waals surface area (Å²) in [6.07, 6.45) is 1.56. The van der Waals surface area contributed by atoms with Crippen LogP contribution in [0.2, 0.25) is 0 Å². The molecule has 0 fully saturated rings. The van der Waals surface area contributed by atoms with Gasteiger partial charge in [0.15, 0.2) is 0 Å². The average Bonchev–Trinajstić information content (AvgIpc) is 2.62. The number of rotatable bonds is 5. The number of nitrogens with one attached hydrogen (secondary N) is 2. The van der Waals surface area contributed by atoms with Gasteiger partial charge in [-0.15, -0.1) is 0 Å². The van der Waals surface area contributed by atoms with Crippen molar-refractivity contribution in [3.05, 3.63) is 78.0 Å². The van der Waals surface area contributed by atoms with Gasteiger partial charge in [0, 0.05) is 17.6 Å². The van der Waals surface area contributed by atoms with Crippen molar-refractivity contribution >= 4 is 33.1 Å². The van der Waals surface area contributed by atoms with E-state index in [-0.39, 0.29) is 10.8 Å². The predicted octanol–water partition coefficient (Wildman–Crippen LogP) is 3.03. The quantitative estimate of drug-likeness (QED) is 0.627. The molecular formula is C19H18N4O3S. The maximum Gasteiger partial charge on any atom is 0.259 e. The van der Waals surface area contributed by atoms with E-state index >= 15 is 0 Å². The molecule has 0 saturated heterocycles. The molecule has 0 radical (unpaired) electrons. The number of nitrogens with zero attached hydrogens (tertiary/aromatic N) is 1. The van der Waals surface area contributed by atoms with Crippen molar-refractivity contribution in [2.24, 2.45) is 5.14 Å². The van der Waals surface area contributed by atoms with Gasteiger partial charge in [-0.3, -0.25) is 4.79 Å². The van der Waals surface area contributed by atoms with Crippen LogP contribution in [0.1, 0.15) is 15.9 Å². The first kappa shape index (κ1) is 18.6. The molecule has 1 heterocycles. The zero-order valence-electron chi connectivity index (χ0n) is 14.5. The van der Waals surface area contributed by atoms with E-state index in [9.17, 15) is 13.2 Å². The lowest BCUT2D eigenvalue weighted by Gasteiger charge is -2.12. The summed E-state index contributed by atoms with van der Waals surface area (Å²) in [5.74, 6) is 0.0448. The van der Waals surface area contributed by atoms with Crippen LogP contribution in [0.4, 0.5) is 17.2 Å². The van der Waals surface area contributed by atoms with Crippen molar-refractivity contribution in [1.29, 1.82) is 0 Å². The smallest absolute Gasteiger partial charge is 0.259 e. The summed E-state index contributed by atoms with van der Waals surface area (Å²) in [5, 5.41) is 11.0. The number of aryl methyl sites for hydroxylation is 1. The number of pyridine rings is 1. The molecule has 0 saturated carbocycles. The molecule has 138 valence electrons. The molecule has 0 bridgehead atoms. The van der Waals surface area contributed by atoms with Crippen molar-refractivity contribution < 1.29 is 13.2 Å². The van der Waals surface area contributed by atoms with Gasteiger partial charge >= 0.3 is 0 Å². The fraction of sp³-hybridized carbons (Fsp3) is 0.0526. The molecule has 0 aliphatic rings. The molecule has 0 unspecified atom stereocenters. The van der Waals surface area contributed by atoms with E-state index in [0.717, 1.165) is 5.56 Å². The topological polar surface area (TPSA) is 114 Å². The zero-order valence-corrected chi connectivity index (χ0v) is 15.3. The fourth-order valence-electron chi connectivity index (χ4n) is 2.47. The molecule has 0 aliphatic heterocycles. The third-order valence-electron chi connectivity index (χ3n) is 3.77. The first-order valence-corrected chi connectivity index (χ1v) is 9.60. The molecule has 0 atom stereocenters. The van der Waals surface area contributed by atoms with Crippen LogP contribution in [0.3, 0.4) is 0 Å². The summed E-state index contributed by atoms with van der Waals surface area (Å²) >= 11 is 0. The molecule has 2 aromatic carbocycles. The van der Waals surface area contributed by atoms with Gasteiger partial charge < -0.3 is 10.6 Å². The Balaban J connectivity index is 1.82. The lowest BCUT2D eigenvalue weighted by molar-refractivity contribution is 0.102. The summed E-state index contributed by atoms with van der Waals surface area (Å²) in [5.41, 5.74) is 2.65. The van der Waals surface area contributed by atoms with E-state index in [1.807, 2.05) is 25.1 Å². The van der Waals surface area contributed by atoms with Gasteiger partial charge in [-0.1, -0.05) is 12.1 Å². The van der Waals surface area contributed by atoms with E-state index in [0.29, 0.717) is 22.8 Å². The Labute approximate surface area is 157 Å². The van der Waals surface area contributed by atoms with E-state index in [2.05, 4.69) is 15.6 Å². The molecule has 3 aromatic rings. The van der Waals surface area contributed by atoms with Crippen LogP contribution in [-0.4, -0.2) is 19.3 Å². The molecule has 0 aliphatic carbocycles. The maximum atomic E-state index is 12.6. The third kappa shape index (κ3) is 4.69. The van der Waals surface area contributed by atoms with Gasteiger partial charge in [0.1, 0.15) is 5.82 Å². The SMILES string of the molecule is Cc1cccc(NC(=O)c2cccnc2Nc2ccc(S(N)(=O)=O)cc2)c1. The largest absolute Gasteiger partial charge is 0.340 e. The number of sulfonamides is 1. The summed E-state index contributed by atoms with van der Waals surface area (Å²) in [4.78, 5) is 16.9. The van der Waals surface area contributed by atoms with Crippen molar-refractivity contribution in [2.45, 2.75) is 11.8 Å². The highest BCUT2D eigenvalue weighted by Gasteiger charge is 2.13. The minimum absolute atomic E-state index is 0.00600. The van der Waals surface area contributed by atoms with Crippen LogP contribution in [0.25, 0.3) is 0 Å². The van der Waals surface area contributed by atoms with Crippen molar-refractivity contribution in [3.8, 4) is 0 Å². The van der Waals surface area contributed by atoms with Crippen LogP contribution in [0.15, 0.2) is 71.8 Å². The van der Waals surface area contributed by atoms with Gasteiger partial charge in [0.25, 0.3) is 5.91 Å². The Hall–Kier alpha value is -3.23. The number of carbonyl (C=O) groups is 1. The molecule has 7 nitrogen and oxygen atoms in total. The number of benzene rings is 2. The van der Waals surface area contributed by atoms with E-state index in [4.69, 9.17) is 5.14 Å². The van der Waals surface area contributed by atoms with Gasteiger partial charge in [-0.05, 0) is 61.0 Å². The number of carbonyl (C=O) groups excluding carboxylic acids is 1. The highest BCUT2D eigenvalue weighted by Crippen LogP contribution is 2.21. The lowest BCUT2D eigenvalue weighted by Crippen LogP contribution is -2.15. The molecule has 27 heavy (non-hydrogen) atoms. The zero-order chi connectivity index (χ0) is 19.4. The van der Waals surface area contributed by atoms with Gasteiger partial charge in [-0.25, -0.2) is 18.5 Å². The summed E-state index contributed by atoms with van der Waals surface area (Å²) in [6.45, 7) is 1.94. The van der Waals surface area contributed by atoms with E-state index in [1.54, 1.807) is 36.5 Å². The molecule has 1 amide bonds. The number of primary sulfonamides is 1. The monoisotopic (exact) mass is 382 g/mol. The molecule has 4 N–H and O–H groups in total. The first-order valence-electron chi connectivity index (χ1n) is 8.06. The van der Waals surface area contributed by atoms with Crippen molar-refractivity contribution in [2.75, 3.05) is 10.6 Å². The highest BCUT2D eigenvalue weighted by atomic mass is 32.2. The predicted molar refractivity (Wildman–Crippen MR) is 104 cm³/mol. The Morgan fingerprint density at radius 3 is 2.41 bits per heavy atom. The molecule has 8 heteroatoms. The Kier molecular flexibility index (Phi) is 5.20. The van der Waals surface area contributed by atoms with Crippen LogP contribution in [0, 0.1) is 6.92 Å². The van der Waals surface area contributed by atoms with Crippen LogP contribution >= 0.6 is 0 Å². The second-order valence-electron chi connectivity index (χ2n) is 5.92. The fourth-order valence-corrected chi connectivity index (χ4v) is 2.99. The number of anilines is 3. The summed E-state index contributed by atoms with van der Waals surface area (Å²) < 4.78 is 22.7. The number of nitrogens with two attached hydrogens (primary N) is 1. The second kappa shape index (κ2) is 7.56. The van der Waals surface area contributed by atoms with Crippen LogP contribution in [-0.2, 0) is 10.0 Å². The Bertz CT molecular complexity index is 1080. The van der Waals surface area contributed by atoms with Crippen molar-refractivity contribution in [3.63, 3.8) is 0 Å². The Morgan fingerprint density at radius 1 is 1.00 bits per heavy atom. The first-order chi connectivity index (χ1) is 12.8. The molecule has 0 spiro atoms. The van der Waals surface area contributed by atoms with Gasteiger partial charge in [0.05, 0.1) is 10.5 Å². The number of hydrogen-bond acceptors (Lipinski definition) is 5. The highest BCUT2D eigenvalue weighted by molar-refractivity contribution is 7.89. The van der Waals surface area contributed by atoms with Gasteiger partial charge in [0.2, 0.25) is 10.0 Å². The molecule has 1 aromatic heterocycles. The minimum atomic E-state index is -3.76. The van der Waals surface area contributed by atoms with Crippen LogP contribution < -0.4 is 15.8 Å². The van der Waals surface area contributed by atoms with E-state index in [1.165, 1.54) is 12.1 Å². The number of hydrogen-bond donors (Lipinski definition) is 3. The maximum absolute atomic E-state index is 12.6. The summed E-state index contributed by atoms with van der Waals surface area (Å²) in [7, 11) is -3.76. The normalized spacial score (nSPS) is 11.0. The second-order valence-corrected chi connectivity index (χ2v) is 7.48. The molecular weight excluding hydrogens is 364 g/mol. The Morgan fingerprint density at radius 2 is 1.74 bits per heavy atom. The minimum Gasteiger partial charge on any atom is -0.340 e.